The number of carbonyl (C=O) groups excluding carboxylic acids is 1. The summed E-state index contributed by atoms with van der Waals surface area (Å²) in [5, 5.41) is 2.99. The lowest BCUT2D eigenvalue weighted by molar-refractivity contribution is 0.0947. The fourth-order valence-corrected chi connectivity index (χ4v) is 4.68. The molecule has 0 bridgehead atoms. The molecule has 0 aliphatic carbocycles. The van der Waals surface area contributed by atoms with Gasteiger partial charge in [0.05, 0.1) is 13.4 Å². The average Bonchev–Trinajstić information content (AvgIpc) is 3.52. The predicted octanol–water partition coefficient (Wildman–Crippen LogP) is 1.66. The Balaban J connectivity index is 1.31. The predicted molar refractivity (Wildman–Crippen MR) is 128 cm³/mol. The number of ether oxygens (including phenoxy) is 3. The van der Waals surface area contributed by atoms with Crippen molar-refractivity contribution in [2.24, 2.45) is 0 Å². The SMILES string of the molecule is COc1cc(=O)n2c(c1C(=O)NCCCn1ccnc1)CCN(Cc1cccc3c1OCO3)CC2. The smallest absolute Gasteiger partial charge is 0.256 e. The number of hydrogen-bond donors (Lipinski definition) is 1. The largest absolute Gasteiger partial charge is 0.496 e. The lowest BCUT2D eigenvalue weighted by Gasteiger charge is -2.20. The highest BCUT2D eigenvalue weighted by Crippen LogP contribution is 2.36. The first-order valence-electron chi connectivity index (χ1n) is 11.8. The van der Waals surface area contributed by atoms with Crippen LogP contribution in [-0.4, -0.2) is 58.5 Å². The molecule has 10 nitrogen and oxygen atoms in total. The van der Waals surface area contributed by atoms with Crippen molar-refractivity contribution in [2.45, 2.75) is 32.5 Å². The Hall–Kier alpha value is -3.79. The van der Waals surface area contributed by atoms with Gasteiger partial charge in [-0.1, -0.05) is 12.1 Å². The van der Waals surface area contributed by atoms with Gasteiger partial charge in [0.1, 0.15) is 11.3 Å². The molecule has 10 heteroatoms. The van der Waals surface area contributed by atoms with Crippen molar-refractivity contribution in [3.63, 3.8) is 0 Å². The van der Waals surface area contributed by atoms with Gasteiger partial charge in [-0.2, -0.15) is 0 Å². The minimum absolute atomic E-state index is 0.160. The Morgan fingerprint density at radius 2 is 2.14 bits per heavy atom. The second-order valence-electron chi connectivity index (χ2n) is 8.61. The number of aromatic nitrogens is 3. The highest BCUT2D eigenvalue weighted by atomic mass is 16.7. The van der Waals surface area contributed by atoms with E-state index in [4.69, 9.17) is 14.2 Å². The van der Waals surface area contributed by atoms with Gasteiger partial charge in [-0.15, -0.1) is 0 Å². The van der Waals surface area contributed by atoms with Crippen molar-refractivity contribution < 1.29 is 19.0 Å². The topological polar surface area (TPSA) is 99.8 Å². The summed E-state index contributed by atoms with van der Waals surface area (Å²) in [4.78, 5) is 32.4. The highest BCUT2D eigenvalue weighted by molar-refractivity contribution is 5.98. The van der Waals surface area contributed by atoms with E-state index in [2.05, 4.69) is 15.2 Å². The number of methoxy groups -OCH3 is 1. The van der Waals surface area contributed by atoms with Crippen LogP contribution in [0.5, 0.6) is 17.2 Å². The molecule has 0 saturated carbocycles. The quantitative estimate of drug-likeness (QED) is 0.491. The molecule has 0 saturated heterocycles. The van der Waals surface area contributed by atoms with Crippen molar-refractivity contribution in [3.05, 3.63) is 70.2 Å². The third-order valence-corrected chi connectivity index (χ3v) is 6.44. The number of imidazole rings is 1. The van der Waals surface area contributed by atoms with Crippen LogP contribution in [0.2, 0.25) is 0 Å². The lowest BCUT2D eigenvalue weighted by Crippen LogP contribution is -2.32. The first-order chi connectivity index (χ1) is 17.1. The van der Waals surface area contributed by atoms with Crippen molar-refractivity contribution in [1.29, 1.82) is 0 Å². The van der Waals surface area contributed by atoms with Crippen molar-refractivity contribution in [2.75, 3.05) is 33.5 Å². The van der Waals surface area contributed by atoms with E-state index in [-0.39, 0.29) is 18.3 Å². The van der Waals surface area contributed by atoms with Crippen molar-refractivity contribution in [3.8, 4) is 17.2 Å². The molecule has 0 radical (unpaired) electrons. The molecular formula is C25H29N5O5. The standard InChI is InChI=1S/C25H29N5O5/c1-33-21-14-22(31)30-13-12-28(15-18-4-2-5-20-24(18)35-17-34-20)10-6-19(30)23(21)25(32)27-7-3-9-29-11-8-26-16-29/h2,4-5,8,11,14,16H,3,6-7,9-10,12-13,15,17H2,1H3,(H,27,32). The molecule has 5 rings (SSSR count). The summed E-state index contributed by atoms with van der Waals surface area (Å²) < 4.78 is 20.3. The van der Waals surface area contributed by atoms with E-state index in [0.717, 1.165) is 30.0 Å². The normalized spacial score (nSPS) is 14.9. The fraction of sp³-hybridized carbons (Fsp3) is 0.400. The summed E-state index contributed by atoms with van der Waals surface area (Å²) in [6.45, 7) is 4.03. The Morgan fingerprint density at radius 1 is 1.23 bits per heavy atom. The highest BCUT2D eigenvalue weighted by Gasteiger charge is 2.26. The molecule has 184 valence electrons. The number of aryl methyl sites for hydroxylation is 1. The molecule has 2 aromatic heterocycles. The molecule has 1 aromatic carbocycles. The number of hydrogen-bond acceptors (Lipinski definition) is 7. The lowest BCUT2D eigenvalue weighted by atomic mass is 10.1. The van der Waals surface area contributed by atoms with E-state index in [1.807, 2.05) is 29.0 Å². The Bertz CT molecular complexity index is 1250. The zero-order chi connectivity index (χ0) is 24.2. The molecule has 0 spiro atoms. The van der Waals surface area contributed by atoms with Crippen LogP contribution >= 0.6 is 0 Å². The van der Waals surface area contributed by atoms with Crippen LogP contribution in [0.1, 0.15) is 28.0 Å². The molecule has 1 N–H and O–H groups in total. The fourth-order valence-electron chi connectivity index (χ4n) is 4.68. The number of nitrogens with zero attached hydrogens (tertiary/aromatic N) is 4. The van der Waals surface area contributed by atoms with Crippen LogP contribution in [0.25, 0.3) is 0 Å². The van der Waals surface area contributed by atoms with E-state index in [9.17, 15) is 9.59 Å². The molecule has 0 atom stereocenters. The van der Waals surface area contributed by atoms with Gasteiger partial charge >= 0.3 is 0 Å². The molecular weight excluding hydrogens is 450 g/mol. The number of pyridine rings is 1. The van der Waals surface area contributed by atoms with Gasteiger partial charge in [0.15, 0.2) is 11.5 Å². The molecule has 1 amide bonds. The van der Waals surface area contributed by atoms with Crippen LogP contribution in [-0.2, 0) is 26.1 Å². The number of para-hydroxylation sites is 1. The molecule has 35 heavy (non-hydrogen) atoms. The van der Waals surface area contributed by atoms with Gasteiger partial charge in [-0.25, -0.2) is 4.98 Å². The maximum absolute atomic E-state index is 13.2. The van der Waals surface area contributed by atoms with E-state index < -0.39 is 0 Å². The van der Waals surface area contributed by atoms with Gasteiger partial charge < -0.3 is 28.7 Å². The third-order valence-electron chi connectivity index (χ3n) is 6.44. The maximum Gasteiger partial charge on any atom is 0.256 e. The van der Waals surface area contributed by atoms with Gasteiger partial charge in [0, 0.05) is 75.4 Å². The number of amides is 1. The van der Waals surface area contributed by atoms with Crippen LogP contribution in [0.4, 0.5) is 0 Å². The van der Waals surface area contributed by atoms with Gasteiger partial charge in [-0.05, 0) is 12.5 Å². The van der Waals surface area contributed by atoms with Gasteiger partial charge in [0.2, 0.25) is 6.79 Å². The maximum atomic E-state index is 13.2. The molecule has 0 unspecified atom stereocenters. The van der Waals surface area contributed by atoms with E-state index in [1.165, 1.54) is 13.2 Å². The van der Waals surface area contributed by atoms with Crippen molar-refractivity contribution in [1.82, 2.24) is 24.3 Å². The second-order valence-corrected chi connectivity index (χ2v) is 8.61. The van der Waals surface area contributed by atoms with E-state index in [0.29, 0.717) is 56.2 Å². The number of benzene rings is 1. The first-order valence-corrected chi connectivity index (χ1v) is 11.8. The number of fused-ring (bicyclic) bond motifs is 2. The van der Waals surface area contributed by atoms with Crippen LogP contribution in [0.3, 0.4) is 0 Å². The number of carbonyl (C=O) groups is 1. The summed E-state index contributed by atoms with van der Waals surface area (Å²) in [5.41, 5.74) is 2.04. The van der Waals surface area contributed by atoms with Gasteiger partial charge in [0.25, 0.3) is 11.5 Å². The second kappa shape index (κ2) is 10.2. The summed E-state index contributed by atoms with van der Waals surface area (Å²) >= 11 is 0. The number of rotatable bonds is 8. The first kappa shape index (κ1) is 23.0. The van der Waals surface area contributed by atoms with Crippen LogP contribution in [0.15, 0.2) is 47.8 Å². The monoisotopic (exact) mass is 479 g/mol. The van der Waals surface area contributed by atoms with Crippen LogP contribution in [0, 0.1) is 0 Å². The zero-order valence-corrected chi connectivity index (χ0v) is 19.7. The van der Waals surface area contributed by atoms with E-state index >= 15 is 0 Å². The summed E-state index contributed by atoms with van der Waals surface area (Å²) in [7, 11) is 1.49. The molecule has 2 aliphatic heterocycles. The van der Waals surface area contributed by atoms with Crippen molar-refractivity contribution >= 4 is 5.91 Å². The van der Waals surface area contributed by atoms with Gasteiger partial charge in [-0.3, -0.25) is 14.5 Å². The minimum Gasteiger partial charge on any atom is -0.496 e. The molecule has 4 heterocycles. The average molecular weight is 480 g/mol. The Morgan fingerprint density at radius 3 is 2.97 bits per heavy atom. The Kier molecular flexibility index (Phi) is 6.71. The summed E-state index contributed by atoms with van der Waals surface area (Å²) in [6.07, 6.45) is 6.69. The zero-order valence-electron chi connectivity index (χ0n) is 19.7. The van der Waals surface area contributed by atoms with E-state index in [1.54, 1.807) is 17.1 Å². The minimum atomic E-state index is -0.226. The number of nitrogens with one attached hydrogen (secondary N) is 1. The molecule has 3 aromatic rings. The summed E-state index contributed by atoms with van der Waals surface area (Å²) in [6, 6.07) is 7.30. The Labute approximate surface area is 203 Å². The third kappa shape index (κ3) is 4.88. The van der Waals surface area contributed by atoms with Crippen LogP contribution < -0.4 is 25.1 Å². The molecule has 0 fully saturated rings. The molecule has 2 aliphatic rings. The summed E-state index contributed by atoms with van der Waals surface area (Å²) in [5.74, 6) is 1.63.